The summed E-state index contributed by atoms with van der Waals surface area (Å²) in [6, 6.07) is 12.2. The molecule has 1 unspecified atom stereocenters. The number of hydrogen-bond donors (Lipinski definition) is 1. The van der Waals surface area contributed by atoms with Crippen LogP contribution in [0, 0.1) is 0 Å². The van der Waals surface area contributed by atoms with Gasteiger partial charge in [-0.2, -0.15) is 0 Å². The second-order valence-corrected chi connectivity index (χ2v) is 5.72. The van der Waals surface area contributed by atoms with E-state index in [2.05, 4.69) is 26.0 Å². The van der Waals surface area contributed by atoms with Crippen LogP contribution >= 0.6 is 0 Å². The molecule has 0 aliphatic heterocycles. The van der Waals surface area contributed by atoms with E-state index < -0.39 is 0 Å². The predicted molar refractivity (Wildman–Crippen MR) is 89.6 cm³/mol. The van der Waals surface area contributed by atoms with Crippen LogP contribution in [0.3, 0.4) is 0 Å². The molecule has 0 aromatic heterocycles. The van der Waals surface area contributed by atoms with Gasteiger partial charge in [0, 0.05) is 0 Å². The van der Waals surface area contributed by atoms with Crippen LogP contribution in [0.2, 0.25) is 0 Å². The van der Waals surface area contributed by atoms with Gasteiger partial charge in [0.15, 0.2) is 0 Å². The van der Waals surface area contributed by atoms with Crippen molar-refractivity contribution in [1.29, 1.82) is 0 Å². The van der Waals surface area contributed by atoms with Crippen LogP contribution in [-0.4, -0.2) is 5.91 Å². The summed E-state index contributed by atoms with van der Waals surface area (Å²) in [6.07, 6.45) is 5.85. The molecule has 2 N–H and O–H groups in total. The van der Waals surface area contributed by atoms with Crippen molar-refractivity contribution >= 4 is 16.7 Å². The highest BCUT2D eigenvalue weighted by Gasteiger charge is 2.18. The second-order valence-electron chi connectivity index (χ2n) is 5.72. The van der Waals surface area contributed by atoms with Crippen molar-refractivity contribution in [3.63, 3.8) is 0 Å². The average molecular weight is 283 g/mol. The van der Waals surface area contributed by atoms with Crippen molar-refractivity contribution in [2.45, 2.75) is 51.9 Å². The van der Waals surface area contributed by atoms with E-state index in [0.29, 0.717) is 5.92 Å². The number of rotatable bonds is 7. The highest BCUT2D eigenvalue weighted by atomic mass is 16.1. The zero-order chi connectivity index (χ0) is 15.2. The van der Waals surface area contributed by atoms with Gasteiger partial charge in [-0.1, -0.05) is 69.5 Å². The summed E-state index contributed by atoms with van der Waals surface area (Å²) >= 11 is 0. The molecule has 2 nitrogen and oxygen atoms in total. The minimum absolute atomic E-state index is 0.309. The number of carbonyl (C=O) groups is 1. The Balaban J connectivity index is 2.46. The van der Waals surface area contributed by atoms with Crippen LogP contribution in [0.25, 0.3) is 10.8 Å². The predicted octanol–water partition coefficient (Wildman–Crippen LogP) is 5.01. The normalized spacial score (nSPS) is 12.5. The highest BCUT2D eigenvalue weighted by Crippen LogP contribution is 2.32. The molecular formula is C19H25NO. The van der Waals surface area contributed by atoms with E-state index in [-0.39, 0.29) is 5.91 Å². The molecule has 0 aliphatic rings. The van der Waals surface area contributed by atoms with Crippen LogP contribution in [0.5, 0.6) is 0 Å². The monoisotopic (exact) mass is 283 g/mol. The van der Waals surface area contributed by atoms with Gasteiger partial charge in [-0.05, 0) is 35.1 Å². The van der Waals surface area contributed by atoms with Gasteiger partial charge in [-0.15, -0.1) is 0 Å². The van der Waals surface area contributed by atoms with Crippen LogP contribution in [0.4, 0.5) is 0 Å². The molecule has 21 heavy (non-hydrogen) atoms. The molecule has 0 radical (unpaired) electrons. The molecule has 0 bridgehead atoms. The Morgan fingerprint density at radius 2 is 1.86 bits per heavy atom. The first-order valence-electron chi connectivity index (χ1n) is 8.00. The van der Waals surface area contributed by atoms with E-state index >= 15 is 0 Å². The lowest BCUT2D eigenvalue weighted by Gasteiger charge is -2.19. The van der Waals surface area contributed by atoms with Crippen LogP contribution in [-0.2, 0) is 0 Å². The summed E-state index contributed by atoms with van der Waals surface area (Å²) < 4.78 is 0. The van der Waals surface area contributed by atoms with Gasteiger partial charge < -0.3 is 5.73 Å². The third-order valence-corrected chi connectivity index (χ3v) is 4.30. The van der Waals surface area contributed by atoms with E-state index in [1.807, 2.05) is 24.3 Å². The lowest BCUT2D eigenvalue weighted by atomic mass is 9.85. The summed E-state index contributed by atoms with van der Waals surface area (Å²) in [6.45, 7) is 4.41. The molecule has 2 heteroatoms. The van der Waals surface area contributed by atoms with Crippen molar-refractivity contribution in [2.24, 2.45) is 5.73 Å². The quantitative estimate of drug-likeness (QED) is 0.713. The van der Waals surface area contributed by atoms with Crippen LogP contribution in [0.15, 0.2) is 36.4 Å². The van der Waals surface area contributed by atoms with Crippen LogP contribution < -0.4 is 5.73 Å². The molecule has 2 aromatic carbocycles. The van der Waals surface area contributed by atoms with E-state index in [0.717, 1.165) is 34.7 Å². The van der Waals surface area contributed by atoms with Gasteiger partial charge in [0.05, 0.1) is 5.56 Å². The minimum Gasteiger partial charge on any atom is -0.366 e. The number of amides is 1. The van der Waals surface area contributed by atoms with E-state index in [4.69, 9.17) is 5.73 Å². The van der Waals surface area contributed by atoms with Crippen molar-refractivity contribution in [3.05, 3.63) is 47.5 Å². The van der Waals surface area contributed by atoms with Crippen molar-refractivity contribution in [2.75, 3.05) is 0 Å². The molecule has 1 amide bonds. The molecule has 0 fully saturated rings. The zero-order valence-corrected chi connectivity index (χ0v) is 13.1. The van der Waals surface area contributed by atoms with Gasteiger partial charge in [-0.3, -0.25) is 4.79 Å². The molecule has 0 spiro atoms. The van der Waals surface area contributed by atoms with E-state index in [1.54, 1.807) is 0 Å². The van der Waals surface area contributed by atoms with E-state index in [1.165, 1.54) is 19.3 Å². The molecule has 112 valence electrons. The van der Waals surface area contributed by atoms with Crippen LogP contribution in [0.1, 0.15) is 67.8 Å². The average Bonchev–Trinajstić information content (AvgIpc) is 2.50. The fraction of sp³-hybridized carbons (Fsp3) is 0.421. The number of benzene rings is 2. The van der Waals surface area contributed by atoms with E-state index in [9.17, 15) is 4.79 Å². The molecule has 0 heterocycles. The molecule has 0 saturated carbocycles. The third-order valence-electron chi connectivity index (χ3n) is 4.30. The summed E-state index contributed by atoms with van der Waals surface area (Å²) in [5, 5.41) is 2.06. The first-order chi connectivity index (χ1) is 10.2. The minimum atomic E-state index is -0.309. The SMILES string of the molecule is CCCCCC(CC)c1ccc2ccccc2c1C(N)=O. The molecule has 1 atom stereocenters. The van der Waals surface area contributed by atoms with Crippen molar-refractivity contribution < 1.29 is 4.79 Å². The first kappa shape index (κ1) is 15.6. The lowest BCUT2D eigenvalue weighted by molar-refractivity contribution is 0.100. The van der Waals surface area contributed by atoms with Crippen molar-refractivity contribution in [1.82, 2.24) is 0 Å². The maximum atomic E-state index is 12.0. The van der Waals surface area contributed by atoms with Gasteiger partial charge in [0.1, 0.15) is 0 Å². The Morgan fingerprint density at radius 3 is 2.52 bits per heavy atom. The molecule has 0 saturated heterocycles. The fourth-order valence-corrected chi connectivity index (χ4v) is 3.12. The number of carbonyl (C=O) groups excluding carboxylic acids is 1. The summed E-state index contributed by atoms with van der Waals surface area (Å²) in [4.78, 5) is 12.0. The highest BCUT2D eigenvalue weighted by molar-refractivity contribution is 6.07. The summed E-state index contributed by atoms with van der Waals surface area (Å²) in [7, 11) is 0. The smallest absolute Gasteiger partial charge is 0.249 e. The Morgan fingerprint density at radius 1 is 1.10 bits per heavy atom. The number of fused-ring (bicyclic) bond motifs is 1. The molecule has 0 aliphatic carbocycles. The second kappa shape index (κ2) is 7.26. The molecule has 2 aromatic rings. The summed E-state index contributed by atoms with van der Waals surface area (Å²) in [5.41, 5.74) is 7.53. The van der Waals surface area contributed by atoms with Gasteiger partial charge in [-0.25, -0.2) is 0 Å². The summed E-state index contributed by atoms with van der Waals surface area (Å²) in [5.74, 6) is 0.111. The topological polar surface area (TPSA) is 43.1 Å². The maximum Gasteiger partial charge on any atom is 0.249 e. The Kier molecular flexibility index (Phi) is 5.38. The van der Waals surface area contributed by atoms with Gasteiger partial charge in [0.2, 0.25) is 5.91 Å². The largest absolute Gasteiger partial charge is 0.366 e. The number of primary amides is 1. The number of nitrogens with two attached hydrogens (primary N) is 1. The Labute approximate surface area is 127 Å². The first-order valence-corrected chi connectivity index (χ1v) is 8.00. The molecule has 2 rings (SSSR count). The lowest BCUT2D eigenvalue weighted by Crippen LogP contribution is -2.16. The molecular weight excluding hydrogens is 258 g/mol. The standard InChI is InChI=1S/C19H25NO/c1-3-5-6-9-14(4-2)17-13-12-15-10-7-8-11-16(15)18(17)19(20)21/h7-8,10-14H,3-6,9H2,1-2H3,(H2,20,21). The Bertz CT molecular complexity index is 618. The Hall–Kier alpha value is -1.83. The third kappa shape index (κ3) is 3.44. The fourth-order valence-electron chi connectivity index (χ4n) is 3.12. The zero-order valence-electron chi connectivity index (χ0n) is 13.1. The van der Waals surface area contributed by atoms with Gasteiger partial charge in [0.25, 0.3) is 0 Å². The maximum absolute atomic E-state index is 12.0. The number of hydrogen-bond acceptors (Lipinski definition) is 1. The van der Waals surface area contributed by atoms with Gasteiger partial charge >= 0.3 is 0 Å². The van der Waals surface area contributed by atoms with Crippen molar-refractivity contribution in [3.8, 4) is 0 Å². The number of unbranched alkanes of at least 4 members (excludes halogenated alkanes) is 2.